The summed E-state index contributed by atoms with van der Waals surface area (Å²) in [4.78, 5) is 12.6. The van der Waals surface area contributed by atoms with Crippen LogP contribution in [-0.2, 0) is 21.2 Å². The van der Waals surface area contributed by atoms with Crippen LogP contribution in [0.15, 0.2) is 41.3 Å². The molecular formula is C12H11ClN2O3S2. The summed E-state index contributed by atoms with van der Waals surface area (Å²) < 4.78 is 22.8. The molecule has 1 heterocycles. The number of sulfonamides is 1. The third-order valence-corrected chi connectivity index (χ3v) is 4.59. The van der Waals surface area contributed by atoms with Crippen molar-refractivity contribution in [2.24, 2.45) is 5.14 Å². The first-order valence-corrected chi connectivity index (χ1v) is 8.25. The predicted octanol–water partition coefficient (Wildman–Crippen LogP) is 2.23. The first kappa shape index (κ1) is 15.0. The van der Waals surface area contributed by atoms with Crippen LogP contribution in [0.2, 0.25) is 4.34 Å². The molecule has 0 aliphatic heterocycles. The summed E-state index contributed by atoms with van der Waals surface area (Å²) in [5.41, 5.74) is 0.505. The van der Waals surface area contributed by atoms with E-state index in [0.29, 0.717) is 10.0 Å². The van der Waals surface area contributed by atoms with Gasteiger partial charge in [0.05, 0.1) is 15.7 Å². The zero-order chi connectivity index (χ0) is 14.8. The van der Waals surface area contributed by atoms with E-state index >= 15 is 0 Å². The van der Waals surface area contributed by atoms with E-state index in [9.17, 15) is 13.2 Å². The van der Waals surface area contributed by atoms with Crippen LogP contribution < -0.4 is 10.5 Å². The highest BCUT2D eigenvalue weighted by atomic mass is 35.5. The van der Waals surface area contributed by atoms with Gasteiger partial charge < -0.3 is 5.32 Å². The van der Waals surface area contributed by atoms with E-state index in [2.05, 4.69) is 5.32 Å². The first-order valence-electron chi connectivity index (χ1n) is 5.51. The summed E-state index contributed by atoms with van der Waals surface area (Å²) in [7, 11) is -3.72. The van der Waals surface area contributed by atoms with Crippen LogP contribution >= 0.6 is 22.9 Å². The highest BCUT2D eigenvalue weighted by Gasteiger charge is 2.09. The fourth-order valence-corrected chi connectivity index (χ4v) is 3.14. The Hall–Kier alpha value is -1.41. The monoisotopic (exact) mass is 330 g/mol. The van der Waals surface area contributed by atoms with Gasteiger partial charge in [-0.05, 0) is 36.4 Å². The Morgan fingerprint density at radius 2 is 1.85 bits per heavy atom. The number of nitrogens with two attached hydrogens (primary N) is 1. The second-order valence-corrected chi connectivity index (χ2v) is 7.36. The lowest BCUT2D eigenvalue weighted by molar-refractivity contribution is -0.115. The Morgan fingerprint density at radius 3 is 2.35 bits per heavy atom. The molecule has 0 fully saturated rings. The largest absolute Gasteiger partial charge is 0.326 e. The maximum Gasteiger partial charge on any atom is 0.238 e. The summed E-state index contributed by atoms with van der Waals surface area (Å²) in [5.74, 6) is -0.202. The molecule has 0 saturated heterocycles. The average molecular weight is 331 g/mol. The van der Waals surface area contributed by atoms with Crippen molar-refractivity contribution in [3.8, 4) is 0 Å². The van der Waals surface area contributed by atoms with Crippen molar-refractivity contribution in [1.82, 2.24) is 0 Å². The average Bonchev–Trinajstić information content (AvgIpc) is 2.74. The van der Waals surface area contributed by atoms with E-state index in [1.54, 1.807) is 12.1 Å². The second-order valence-electron chi connectivity index (χ2n) is 4.00. The van der Waals surface area contributed by atoms with Gasteiger partial charge in [0.1, 0.15) is 0 Å². The SMILES string of the molecule is NS(=O)(=O)c1ccc(NC(=O)Cc2ccc(Cl)s2)cc1. The van der Waals surface area contributed by atoms with Gasteiger partial charge in [-0.1, -0.05) is 11.6 Å². The van der Waals surface area contributed by atoms with Crippen LogP contribution in [0, 0.1) is 0 Å². The number of carbonyl (C=O) groups excluding carboxylic acids is 1. The van der Waals surface area contributed by atoms with Crippen molar-refractivity contribution in [2.75, 3.05) is 5.32 Å². The maximum atomic E-state index is 11.8. The number of anilines is 1. The number of thiophene rings is 1. The molecule has 5 nitrogen and oxygen atoms in total. The molecule has 0 atom stereocenters. The third-order valence-electron chi connectivity index (χ3n) is 2.43. The Bertz CT molecular complexity index is 723. The Labute approximate surface area is 125 Å². The molecule has 1 aromatic carbocycles. The minimum Gasteiger partial charge on any atom is -0.326 e. The van der Waals surface area contributed by atoms with Crippen molar-refractivity contribution in [2.45, 2.75) is 11.3 Å². The predicted molar refractivity (Wildman–Crippen MR) is 79.5 cm³/mol. The lowest BCUT2D eigenvalue weighted by Gasteiger charge is -2.05. The molecular weight excluding hydrogens is 320 g/mol. The van der Waals surface area contributed by atoms with Gasteiger partial charge in [0.15, 0.2) is 0 Å². The second kappa shape index (κ2) is 5.92. The van der Waals surface area contributed by atoms with E-state index in [4.69, 9.17) is 16.7 Å². The van der Waals surface area contributed by atoms with Crippen molar-refractivity contribution < 1.29 is 13.2 Å². The van der Waals surface area contributed by atoms with Gasteiger partial charge in [-0.15, -0.1) is 11.3 Å². The Morgan fingerprint density at radius 1 is 1.20 bits per heavy atom. The molecule has 20 heavy (non-hydrogen) atoms. The molecule has 2 aromatic rings. The van der Waals surface area contributed by atoms with E-state index in [0.717, 1.165) is 4.88 Å². The minimum absolute atomic E-state index is 0.000498. The quantitative estimate of drug-likeness (QED) is 0.900. The molecule has 0 aliphatic rings. The molecule has 1 aromatic heterocycles. The molecule has 0 bridgehead atoms. The molecule has 106 valence electrons. The lowest BCUT2D eigenvalue weighted by atomic mass is 10.3. The van der Waals surface area contributed by atoms with Gasteiger partial charge in [-0.25, -0.2) is 13.6 Å². The first-order chi connectivity index (χ1) is 9.34. The van der Waals surface area contributed by atoms with Crippen molar-refractivity contribution >= 4 is 44.6 Å². The van der Waals surface area contributed by atoms with Crippen molar-refractivity contribution in [1.29, 1.82) is 0 Å². The number of hydrogen-bond donors (Lipinski definition) is 2. The van der Waals surface area contributed by atoms with Gasteiger partial charge in [0.25, 0.3) is 0 Å². The van der Waals surface area contributed by atoms with Crippen LogP contribution in [0.25, 0.3) is 0 Å². The summed E-state index contributed by atoms with van der Waals surface area (Å²) in [6, 6.07) is 9.17. The van der Waals surface area contributed by atoms with Crippen LogP contribution in [0.4, 0.5) is 5.69 Å². The lowest BCUT2D eigenvalue weighted by Crippen LogP contribution is -2.14. The molecule has 1 amide bonds. The molecule has 3 N–H and O–H groups in total. The molecule has 2 rings (SSSR count). The van der Waals surface area contributed by atoms with Crippen LogP contribution in [-0.4, -0.2) is 14.3 Å². The number of hydrogen-bond acceptors (Lipinski definition) is 4. The molecule has 0 unspecified atom stereocenters. The van der Waals surface area contributed by atoms with Gasteiger partial charge in [-0.2, -0.15) is 0 Å². The van der Waals surface area contributed by atoms with Crippen molar-refractivity contribution in [3.05, 3.63) is 45.6 Å². The van der Waals surface area contributed by atoms with Gasteiger partial charge in [-0.3, -0.25) is 4.79 Å². The highest BCUT2D eigenvalue weighted by molar-refractivity contribution is 7.89. The standard InChI is InChI=1S/C12H11ClN2O3S2/c13-11-6-3-9(19-11)7-12(16)15-8-1-4-10(5-2-8)20(14,17)18/h1-6H,7H2,(H,15,16)(H2,14,17,18). The summed E-state index contributed by atoms with van der Waals surface area (Å²) in [6.07, 6.45) is 0.217. The normalized spacial score (nSPS) is 11.3. The third kappa shape index (κ3) is 4.04. The van der Waals surface area contributed by atoms with E-state index < -0.39 is 10.0 Å². The number of carbonyl (C=O) groups is 1. The summed E-state index contributed by atoms with van der Waals surface area (Å²) in [5, 5.41) is 7.65. The fraction of sp³-hybridized carbons (Fsp3) is 0.0833. The number of nitrogens with one attached hydrogen (secondary N) is 1. The molecule has 0 saturated carbocycles. The van der Waals surface area contributed by atoms with Gasteiger partial charge in [0.2, 0.25) is 15.9 Å². The number of primary sulfonamides is 1. The zero-order valence-electron chi connectivity index (χ0n) is 10.2. The van der Waals surface area contributed by atoms with Crippen LogP contribution in [0.1, 0.15) is 4.88 Å². The Balaban J connectivity index is 2.01. The summed E-state index contributed by atoms with van der Waals surface area (Å²) >= 11 is 7.12. The molecule has 8 heteroatoms. The van der Waals surface area contributed by atoms with Crippen LogP contribution in [0.5, 0.6) is 0 Å². The maximum absolute atomic E-state index is 11.8. The molecule has 0 spiro atoms. The van der Waals surface area contributed by atoms with E-state index in [-0.39, 0.29) is 17.2 Å². The topological polar surface area (TPSA) is 89.3 Å². The Kier molecular flexibility index (Phi) is 4.44. The van der Waals surface area contributed by atoms with Gasteiger partial charge in [0, 0.05) is 10.6 Å². The van der Waals surface area contributed by atoms with E-state index in [1.807, 2.05) is 0 Å². The summed E-state index contributed by atoms with van der Waals surface area (Å²) in [6.45, 7) is 0. The van der Waals surface area contributed by atoms with Crippen LogP contribution in [0.3, 0.4) is 0 Å². The number of benzene rings is 1. The smallest absolute Gasteiger partial charge is 0.238 e. The number of amides is 1. The van der Waals surface area contributed by atoms with Crippen molar-refractivity contribution in [3.63, 3.8) is 0 Å². The van der Waals surface area contributed by atoms with Gasteiger partial charge >= 0.3 is 0 Å². The zero-order valence-corrected chi connectivity index (χ0v) is 12.6. The van der Waals surface area contributed by atoms with E-state index in [1.165, 1.54) is 35.6 Å². The molecule has 0 radical (unpaired) electrons. The number of rotatable bonds is 4. The highest BCUT2D eigenvalue weighted by Crippen LogP contribution is 2.22. The fourth-order valence-electron chi connectivity index (χ4n) is 1.54. The molecule has 0 aliphatic carbocycles. The minimum atomic E-state index is -3.72. The number of halogens is 1.